The average molecular weight is 348 g/mol. The standard InChI is InChI=1S/C15H18BrN5/c1-3-20(4-2)15-13(9-17)14(18)21(19-15)10-11-6-5-7-12(16)8-11/h5-8H,3-4,10,18H2,1-2H3. The Morgan fingerprint density at radius 1 is 1.38 bits per heavy atom. The molecule has 0 fully saturated rings. The van der Waals surface area contributed by atoms with Crippen molar-refractivity contribution in [3.05, 3.63) is 39.9 Å². The van der Waals surface area contributed by atoms with Gasteiger partial charge in [0.15, 0.2) is 5.82 Å². The van der Waals surface area contributed by atoms with Crippen molar-refractivity contribution in [3.8, 4) is 6.07 Å². The number of rotatable bonds is 5. The molecule has 2 rings (SSSR count). The topological polar surface area (TPSA) is 70.9 Å². The van der Waals surface area contributed by atoms with E-state index in [4.69, 9.17) is 5.73 Å². The third-order valence-corrected chi connectivity index (χ3v) is 3.86. The Morgan fingerprint density at radius 2 is 2.10 bits per heavy atom. The fraction of sp³-hybridized carbons (Fsp3) is 0.333. The van der Waals surface area contributed by atoms with Crippen molar-refractivity contribution in [2.75, 3.05) is 23.7 Å². The molecule has 0 bridgehead atoms. The minimum Gasteiger partial charge on any atom is -0.383 e. The molecular formula is C15H18BrN5. The van der Waals surface area contributed by atoms with Gasteiger partial charge in [-0.3, -0.25) is 0 Å². The van der Waals surface area contributed by atoms with E-state index in [9.17, 15) is 5.26 Å². The van der Waals surface area contributed by atoms with Gasteiger partial charge in [0, 0.05) is 17.6 Å². The van der Waals surface area contributed by atoms with Gasteiger partial charge < -0.3 is 10.6 Å². The molecule has 0 radical (unpaired) electrons. The molecule has 1 aromatic heterocycles. The van der Waals surface area contributed by atoms with Gasteiger partial charge in [-0.05, 0) is 31.5 Å². The Morgan fingerprint density at radius 3 is 2.67 bits per heavy atom. The van der Waals surface area contributed by atoms with Gasteiger partial charge in [-0.25, -0.2) is 4.68 Å². The van der Waals surface area contributed by atoms with Crippen molar-refractivity contribution in [2.45, 2.75) is 20.4 Å². The maximum absolute atomic E-state index is 9.35. The molecule has 110 valence electrons. The molecule has 21 heavy (non-hydrogen) atoms. The molecule has 2 N–H and O–H groups in total. The number of halogens is 1. The third kappa shape index (κ3) is 3.19. The van der Waals surface area contributed by atoms with E-state index in [1.165, 1.54) is 0 Å². The van der Waals surface area contributed by atoms with E-state index < -0.39 is 0 Å². The highest BCUT2D eigenvalue weighted by molar-refractivity contribution is 9.10. The second-order valence-corrected chi connectivity index (χ2v) is 5.57. The van der Waals surface area contributed by atoms with E-state index in [0.717, 1.165) is 23.1 Å². The van der Waals surface area contributed by atoms with Crippen LogP contribution in [0.25, 0.3) is 0 Å². The SMILES string of the molecule is CCN(CC)c1nn(Cc2cccc(Br)c2)c(N)c1C#N. The minimum atomic E-state index is 0.416. The third-order valence-electron chi connectivity index (χ3n) is 3.37. The van der Waals surface area contributed by atoms with Crippen molar-refractivity contribution in [3.63, 3.8) is 0 Å². The molecule has 1 heterocycles. The van der Waals surface area contributed by atoms with Crippen LogP contribution in [0.5, 0.6) is 0 Å². The molecule has 5 nitrogen and oxygen atoms in total. The van der Waals surface area contributed by atoms with E-state index >= 15 is 0 Å². The van der Waals surface area contributed by atoms with Gasteiger partial charge in [0.25, 0.3) is 0 Å². The fourth-order valence-electron chi connectivity index (χ4n) is 2.24. The molecule has 0 aliphatic heterocycles. The van der Waals surface area contributed by atoms with Crippen LogP contribution in [0.1, 0.15) is 25.0 Å². The number of nitrogens with zero attached hydrogens (tertiary/aromatic N) is 4. The lowest BCUT2D eigenvalue weighted by molar-refractivity contribution is 0.686. The summed E-state index contributed by atoms with van der Waals surface area (Å²) in [7, 11) is 0. The number of anilines is 2. The van der Waals surface area contributed by atoms with Crippen LogP contribution in [0, 0.1) is 11.3 Å². The molecule has 1 aromatic carbocycles. The lowest BCUT2D eigenvalue weighted by Crippen LogP contribution is -2.23. The maximum atomic E-state index is 9.35. The van der Waals surface area contributed by atoms with Crippen LogP contribution in [0.4, 0.5) is 11.6 Å². The number of nitrogens with two attached hydrogens (primary N) is 1. The first-order valence-corrected chi connectivity index (χ1v) is 7.65. The molecule has 0 spiro atoms. The number of nitriles is 1. The molecule has 0 aliphatic rings. The summed E-state index contributed by atoms with van der Waals surface area (Å²) in [5, 5.41) is 13.9. The Bertz CT molecular complexity index is 667. The van der Waals surface area contributed by atoms with Crippen LogP contribution in [0.3, 0.4) is 0 Å². The molecule has 0 aliphatic carbocycles. The van der Waals surface area contributed by atoms with E-state index in [2.05, 4.69) is 27.1 Å². The van der Waals surface area contributed by atoms with Crippen LogP contribution < -0.4 is 10.6 Å². The van der Waals surface area contributed by atoms with Gasteiger partial charge in [0.05, 0.1) is 6.54 Å². The monoisotopic (exact) mass is 347 g/mol. The van der Waals surface area contributed by atoms with Gasteiger partial charge in [-0.1, -0.05) is 28.1 Å². The first kappa shape index (κ1) is 15.4. The van der Waals surface area contributed by atoms with Gasteiger partial charge in [-0.2, -0.15) is 10.4 Å². The maximum Gasteiger partial charge on any atom is 0.170 e. The van der Waals surface area contributed by atoms with Crippen molar-refractivity contribution >= 4 is 27.6 Å². The lowest BCUT2D eigenvalue weighted by Gasteiger charge is -2.17. The quantitative estimate of drug-likeness (QED) is 0.902. The number of aromatic nitrogens is 2. The number of benzene rings is 1. The van der Waals surface area contributed by atoms with Gasteiger partial charge >= 0.3 is 0 Å². The smallest absolute Gasteiger partial charge is 0.170 e. The van der Waals surface area contributed by atoms with E-state index in [1.807, 2.05) is 43.0 Å². The van der Waals surface area contributed by atoms with Crippen molar-refractivity contribution in [2.24, 2.45) is 0 Å². The van der Waals surface area contributed by atoms with E-state index in [1.54, 1.807) is 4.68 Å². The summed E-state index contributed by atoms with van der Waals surface area (Å²) < 4.78 is 2.70. The number of hydrogen-bond donors (Lipinski definition) is 1. The first-order chi connectivity index (χ1) is 10.1. The number of hydrogen-bond acceptors (Lipinski definition) is 4. The highest BCUT2D eigenvalue weighted by atomic mass is 79.9. The highest BCUT2D eigenvalue weighted by Gasteiger charge is 2.19. The highest BCUT2D eigenvalue weighted by Crippen LogP contribution is 2.25. The molecule has 0 saturated heterocycles. The summed E-state index contributed by atoms with van der Waals surface area (Å²) in [5.74, 6) is 1.08. The molecule has 0 saturated carbocycles. The normalized spacial score (nSPS) is 10.4. The zero-order chi connectivity index (χ0) is 15.4. The summed E-state index contributed by atoms with van der Waals surface area (Å²) in [6.45, 7) is 6.20. The summed E-state index contributed by atoms with van der Waals surface area (Å²) in [5.41, 5.74) is 7.62. The first-order valence-electron chi connectivity index (χ1n) is 6.86. The fourth-order valence-corrected chi connectivity index (χ4v) is 2.69. The summed E-state index contributed by atoms with van der Waals surface area (Å²) in [6, 6.07) is 10.1. The van der Waals surface area contributed by atoms with Gasteiger partial charge in [0.1, 0.15) is 17.5 Å². The predicted octanol–water partition coefficient (Wildman–Crippen LogP) is 2.99. The van der Waals surface area contributed by atoms with E-state index in [0.29, 0.717) is 23.7 Å². The zero-order valence-corrected chi connectivity index (χ0v) is 13.8. The minimum absolute atomic E-state index is 0.416. The van der Waals surface area contributed by atoms with Crippen LogP contribution in [0.15, 0.2) is 28.7 Å². The summed E-state index contributed by atoms with van der Waals surface area (Å²) in [6.07, 6.45) is 0. The van der Waals surface area contributed by atoms with Gasteiger partial charge in [-0.15, -0.1) is 0 Å². The Labute approximate surface area is 133 Å². The molecule has 2 aromatic rings. The second kappa shape index (κ2) is 6.64. The van der Waals surface area contributed by atoms with Crippen LogP contribution in [-0.4, -0.2) is 22.9 Å². The second-order valence-electron chi connectivity index (χ2n) is 4.66. The average Bonchev–Trinajstić information content (AvgIpc) is 2.77. The zero-order valence-electron chi connectivity index (χ0n) is 12.2. The van der Waals surface area contributed by atoms with E-state index in [-0.39, 0.29) is 0 Å². The van der Waals surface area contributed by atoms with Crippen LogP contribution in [0.2, 0.25) is 0 Å². The Hall–Kier alpha value is -2.00. The molecule has 6 heteroatoms. The predicted molar refractivity (Wildman–Crippen MR) is 88.2 cm³/mol. The van der Waals surface area contributed by atoms with Gasteiger partial charge in [0.2, 0.25) is 0 Å². The number of nitrogen functional groups attached to an aromatic ring is 1. The Kier molecular flexibility index (Phi) is 4.86. The Balaban J connectivity index is 2.39. The molecular weight excluding hydrogens is 330 g/mol. The molecule has 0 atom stereocenters. The van der Waals surface area contributed by atoms with Crippen molar-refractivity contribution in [1.29, 1.82) is 5.26 Å². The largest absolute Gasteiger partial charge is 0.383 e. The lowest BCUT2D eigenvalue weighted by atomic mass is 10.2. The summed E-state index contributed by atoms with van der Waals surface area (Å²) in [4.78, 5) is 2.03. The van der Waals surface area contributed by atoms with Crippen LogP contribution >= 0.6 is 15.9 Å². The van der Waals surface area contributed by atoms with Crippen molar-refractivity contribution in [1.82, 2.24) is 9.78 Å². The van der Waals surface area contributed by atoms with Crippen LogP contribution in [-0.2, 0) is 6.54 Å². The summed E-state index contributed by atoms with van der Waals surface area (Å²) >= 11 is 3.45. The molecule has 0 unspecified atom stereocenters. The molecule has 0 amide bonds. The van der Waals surface area contributed by atoms with Crippen molar-refractivity contribution < 1.29 is 0 Å².